The van der Waals surface area contributed by atoms with Gasteiger partial charge in [-0.05, 0) is 59.8 Å². The van der Waals surface area contributed by atoms with Crippen LogP contribution in [0, 0.1) is 0 Å². The van der Waals surface area contributed by atoms with E-state index in [1.807, 2.05) is 54.6 Å². The Morgan fingerprint density at radius 3 is 1.95 bits per heavy atom. The molecule has 1 atom stereocenters. The molecule has 0 amide bonds. The van der Waals surface area contributed by atoms with E-state index in [1.165, 1.54) is 0 Å². The molecule has 0 aromatic heterocycles. The first-order chi connectivity index (χ1) is 19.2. The number of hydrogen-bond acceptors (Lipinski definition) is 6. The third-order valence-electron chi connectivity index (χ3n) is 7.04. The lowest BCUT2D eigenvalue weighted by Gasteiger charge is -2.30. The summed E-state index contributed by atoms with van der Waals surface area (Å²) in [7, 11) is 5.00. The summed E-state index contributed by atoms with van der Waals surface area (Å²) in [6.07, 6.45) is 1.61. The fraction of sp³-hybridized carbons (Fsp3) is 0.273. The molecule has 0 fully saturated rings. The van der Waals surface area contributed by atoms with Crippen molar-refractivity contribution in [2.24, 2.45) is 0 Å². The molecule has 202 valence electrons. The molecule has 39 heavy (non-hydrogen) atoms. The van der Waals surface area contributed by atoms with E-state index < -0.39 is 0 Å². The Bertz CT molecular complexity index is 1370. The molecule has 0 radical (unpaired) electrons. The van der Waals surface area contributed by atoms with Crippen molar-refractivity contribution in [3.05, 3.63) is 113 Å². The number of fused-ring (bicyclic) bond motifs is 1. The van der Waals surface area contributed by atoms with Crippen molar-refractivity contribution in [3.63, 3.8) is 0 Å². The number of methoxy groups -OCH3 is 3. The van der Waals surface area contributed by atoms with E-state index in [1.54, 1.807) is 21.3 Å². The molecule has 0 saturated heterocycles. The van der Waals surface area contributed by atoms with Gasteiger partial charge in [-0.15, -0.1) is 0 Å². The molecule has 1 N–H and O–H groups in total. The third-order valence-corrected chi connectivity index (χ3v) is 7.04. The first kappa shape index (κ1) is 26.4. The van der Waals surface area contributed by atoms with Crippen LogP contribution >= 0.6 is 0 Å². The predicted octanol–water partition coefficient (Wildman–Crippen LogP) is 6.30. The molecule has 0 aliphatic carbocycles. The minimum absolute atomic E-state index is 0.0772. The molecular weight excluding hydrogens is 490 g/mol. The Morgan fingerprint density at radius 1 is 0.641 bits per heavy atom. The second-order valence-corrected chi connectivity index (χ2v) is 9.50. The topological polar surface area (TPSA) is 58.2 Å². The second kappa shape index (κ2) is 12.6. The largest absolute Gasteiger partial charge is 0.493 e. The fourth-order valence-electron chi connectivity index (χ4n) is 5.06. The quantitative estimate of drug-likeness (QED) is 0.248. The Hall–Kier alpha value is -4.16. The van der Waals surface area contributed by atoms with Crippen LogP contribution in [0.25, 0.3) is 0 Å². The van der Waals surface area contributed by atoms with Gasteiger partial charge in [0.25, 0.3) is 0 Å². The monoisotopic (exact) mass is 525 g/mol. The van der Waals surface area contributed by atoms with E-state index >= 15 is 0 Å². The van der Waals surface area contributed by atoms with E-state index in [0.717, 1.165) is 64.5 Å². The number of rotatable bonds is 11. The Morgan fingerprint density at radius 2 is 1.31 bits per heavy atom. The highest BCUT2D eigenvalue weighted by Gasteiger charge is 2.28. The van der Waals surface area contributed by atoms with Crippen LogP contribution in [-0.2, 0) is 26.1 Å². The molecule has 1 aliphatic heterocycles. The molecule has 6 nitrogen and oxygen atoms in total. The van der Waals surface area contributed by atoms with Gasteiger partial charge < -0.3 is 29.0 Å². The maximum atomic E-state index is 6.40. The zero-order valence-electron chi connectivity index (χ0n) is 22.7. The second-order valence-electron chi connectivity index (χ2n) is 9.50. The summed E-state index contributed by atoms with van der Waals surface area (Å²) < 4.78 is 29.7. The van der Waals surface area contributed by atoms with Crippen LogP contribution in [0.4, 0.5) is 0 Å². The first-order valence-corrected chi connectivity index (χ1v) is 13.2. The van der Waals surface area contributed by atoms with E-state index in [2.05, 4.69) is 35.6 Å². The van der Waals surface area contributed by atoms with Crippen LogP contribution < -0.4 is 29.0 Å². The highest BCUT2D eigenvalue weighted by atomic mass is 16.5. The Labute approximate surface area is 230 Å². The summed E-state index contributed by atoms with van der Waals surface area (Å²) in [6.45, 7) is 1.78. The molecule has 0 bridgehead atoms. The van der Waals surface area contributed by atoms with Crippen LogP contribution in [0.1, 0.15) is 33.9 Å². The predicted molar refractivity (Wildman–Crippen MR) is 152 cm³/mol. The Balaban J connectivity index is 1.39. The van der Waals surface area contributed by atoms with Gasteiger partial charge >= 0.3 is 0 Å². The van der Waals surface area contributed by atoms with Crippen molar-refractivity contribution in [3.8, 4) is 28.7 Å². The molecule has 0 spiro atoms. The Kier molecular flexibility index (Phi) is 8.54. The van der Waals surface area contributed by atoms with Gasteiger partial charge in [-0.2, -0.15) is 0 Å². The maximum absolute atomic E-state index is 6.40. The standard InChI is InChI=1S/C33H35NO5/c1-35-30-19-25(14-15-29(30)38-21-23-10-6-4-7-11-23)18-28-27-20-31(36-2)33(37-3)32(26(27)16-17-34-28)39-22-24-12-8-5-9-13-24/h4-15,19-20,28,34H,16-18,21-22H2,1-3H3. The lowest BCUT2D eigenvalue weighted by molar-refractivity contribution is 0.269. The average molecular weight is 526 g/mol. The van der Waals surface area contributed by atoms with Gasteiger partial charge in [0.2, 0.25) is 5.75 Å². The SMILES string of the molecule is COc1cc(CC2NCCc3c2cc(OC)c(OC)c3OCc2ccccc2)ccc1OCc1ccccc1. The van der Waals surface area contributed by atoms with Crippen molar-refractivity contribution in [1.29, 1.82) is 0 Å². The van der Waals surface area contributed by atoms with E-state index in [0.29, 0.717) is 24.7 Å². The lowest BCUT2D eigenvalue weighted by Crippen LogP contribution is -2.31. The maximum Gasteiger partial charge on any atom is 0.203 e. The summed E-state index contributed by atoms with van der Waals surface area (Å²) in [5, 5.41) is 3.69. The minimum atomic E-state index is 0.0772. The molecule has 5 rings (SSSR count). The van der Waals surface area contributed by atoms with Crippen molar-refractivity contribution in [1.82, 2.24) is 5.32 Å². The van der Waals surface area contributed by atoms with Crippen LogP contribution in [0.2, 0.25) is 0 Å². The van der Waals surface area contributed by atoms with Crippen LogP contribution in [0.5, 0.6) is 28.7 Å². The highest BCUT2D eigenvalue weighted by molar-refractivity contribution is 5.61. The zero-order chi connectivity index (χ0) is 27.0. The summed E-state index contributed by atoms with van der Waals surface area (Å²) in [6, 6.07) is 28.6. The van der Waals surface area contributed by atoms with Gasteiger partial charge in [0.05, 0.1) is 21.3 Å². The molecular formula is C33H35NO5. The van der Waals surface area contributed by atoms with E-state index in [4.69, 9.17) is 23.7 Å². The van der Waals surface area contributed by atoms with Gasteiger partial charge in [0.15, 0.2) is 23.0 Å². The highest BCUT2D eigenvalue weighted by Crippen LogP contribution is 2.46. The lowest BCUT2D eigenvalue weighted by atomic mass is 9.89. The number of benzene rings is 4. The summed E-state index contributed by atoms with van der Waals surface area (Å²) >= 11 is 0. The van der Waals surface area contributed by atoms with Crippen molar-refractivity contribution in [2.75, 3.05) is 27.9 Å². The molecule has 4 aromatic rings. The number of ether oxygens (including phenoxy) is 5. The number of nitrogens with one attached hydrogen (secondary N) is 1. The molecule has 1 unspecified atom stereocenters. The summed E-state index contributed by atoms with van der Waals surface area (Å²) in [5.74, 6) is 3.50. The summed E-state index contributed by atoms with van der Waals surface area (Å²) in [5.41, 5.74) is 5.67. The smallest absolute Gasteiger partial charge is 0.203 e. The van der Waals surface area contributed by atoms with Crippen LogP contribution in [-0.4, -0.2) is 27.9 Å². The summed E-state index contributed by atoms with van der Waals surface area (Å²) in [4.78, 5) is 0. The zero-order valence-corrected chi connectivity index (χ0v) is 22.7. The van der Waals surface area contributed by atoms with Crippen molar-refractivity contribution in [2.45, 2.75) is 32.1 Å². The van der Waals surface area contributed by atoms with E-state index in [-0.39, 0.29) is 6.04 Å². The van der Waals surface area contributed by atoms with Gasteiger partial charge in [-0.1, -0.05) is 66.7 Å². The third kappa shape index (κ3) is 6.13. The molecule has 4 aromatic carbocycles. The van der Waals surface area contributed by atoms with Crippen molar-refractivity contribution >= 4 is 0 Å². The van der Waals surface area contributed by atoms with Gasteiger partial charge in [0, 0.05) is 11.6 Å². The molecule has 1 heterocycles. The van der Waals surface area contributed by atoms with Gasteiger partial charge in [-0.25, -0.2) is 0 Å². The molecule has 6 heteroatoms. The van der Waals surface area contributed by atoms with Crippen molar-refractivity contribution < 1.29 is 23.7 Å². The van der Waals surface area contributed by atoms with Gasteiger partial charge in [0.1, 0.15) is 13.2 Å². The van der Waals surface area contributed by atoms with E-state index in [9.17, 15) is 0 Å². The molecule has 1 aliphatic rings. The fourth-order valence-corrected chi connectivity index (χ4v) is 5.06. The minimum Gasteiger partial charge on any atom is -0.493 e. The normalized spacial score (nSPS) is 14.3. The van der Waals surface area contributed by atoms with Crippen LogP contribution in [0.3, 0.4) is 0 Å². The number of hydrogen-bond donors (Lipinski definition) is 1. The van der Waals surface area contributed by atoms with Crippen LogP contribution in [0.15, 0.2) is 84.9 Å². The average Bonchev–Trinajstić information content (AvgIpc) is 2.99. The molecule has 0 saturated carbocycles. The van der Waals surface area contributed by atoms with Gasteiger partial charge in [-0.3, -0.25) is 0 Å². The first-order valence-electron chi connectivity index (χ1n) is 13.2.